The highest BCUT2D eigenvalue weighted by Crippen LogP contribution is 2.14. The van der Waals surface area contributed by atoms with Crippen molar-refractivity contribution in [2.45, 2.75) is 19.3 Å². The third kappa shape index (κ3) is 4.76. The molecule has 0 saturated heterocycles. The largest absolute Gasteiger partial charge is 0.494 e. The van der Waals surface area contributed by atoms with Crippen LogP contribution >= 0.6 is 0 Å². The van der Waals surface area contributed by atoms with Gasteiger partial charge in [0.05, 0.1) is 6.61 Å². The van der Waals surface area contributed by atoms with Crippen molar-refractivity contribution in [3.8, 4) is 5.75 Å². The smallest absolute Gasteiger partial charge is 0.119 e. The van der Waals surface area contributed by atoms with E-state index in [4.69, 9.17) is 10.5 Å². The maximum atomic E-state index is 5.77. The normalized spacial score (nSPS) is 10.4. The summed E-state index contributed by atoms with van der Waals surface area (Å²) in [5.41, 5.74) is 8.16. The van der Waals surface area contributed by atoms with Crippen LogP contribution in [0.3, 0.4) is 0 Å². The van der Waals surface area contributed by atoms with Crippen LogP contribution in [-0.4, -0.2) is 13.2 Å². The van der Waals surface area contributed by atoms with Crippen LogP contribution in [0, 0.1) is 0 Å². The monoisotopic (exact) mass is 255 g/mol. The van der Waals surface area contributed by atoms with Gasteiger partial charge in [-0.3, -0.25) is 0 Å². The Hall–Kier alpha value is -1.80. The third-order valence-electron chi connectivity index (χ3n) is 3.05. The summed E-state index contributed by atoms with van der Waals surface area (Å²) in [4.78, 5) is 0. The Balaban J connectivity index is 1.75. The molecule has 0 unspecified atom stereocenters. The molecule has 0 fully saturated rings. The van der Waals surface area contributed by atoms with E-state index >= 15 is 0 Å². The maximum Gasteiger partial charge on any atom is 0.119 e. The second kappa shape index (κ2) is 7.59. The first-order chi connectivity index (χ1) is 9.38. The molecule has 0 bridgehead atoms. The van der Waals surface area contributed by atoms with Crippen molar-refractivity contribution in [2.75, 3.05) is 13.2 Å². The Morgan fingerprint density at radius 1 is 0.842 bits per heavy atom. The Kier molecular flexibility index (Phi) is 5.45. The number of hydrogen-bond donors (Lipinski definition) is 1. The fourth-order valence-corrected chi connectivity index (χ4v) is 2.07. The molecule has 0 aliphatic rings. The molecule has 2 N–H and O–H groups in total. The van der Waals surface area contributed by atoms with Crippen LogP contribution in [0.2, 0.25) is 0 Å². The van der Waals surface area contributed by atoms with E-state index in [1.807, 2.05) is 18.2 Å². The molecule has 2 nitrogen and oxygen atoms in total. The van der Waals surface area contributed by atoms with Gasteiger partial charge < -0.3 is 10.5 Å². The average Bonchev–Trinajstić information content (AvgIpc) is 2.46. The van der Waals surface area contributed by atoms with E-state index in [9.17, 15) is 0 Å². The quantitative estimate of drug-likeness (QED) is 0.771. The SMILES string of the molecule is NCCc1cccc(OCCCc2ccccc2)c1. The van der Waals surface area contributed by atoms with Crippen molar-refractivity contribution in [1.29, 1.82) is 0 Å². The summed E-state index contributed by atoms with van der Waals surface area (Å²) in [5, 5.41) is 0. The Morgan fingerprint density at radius 3 is 2.42 bits per heavy atom. The summed E-state index contributed by atoms with van der Waals surface area (Å²) >= 11 is 0. The van der Waals surface area contributed by atoms with Crippen LogP contribution in [-0.2, 0) is 12.8 Å². The Labute approximate surface area is 115 Å². The molecule has 19 heavy (non-hydrogen) atoms. The Bertz CT molecular complexity index is 482. The summed E-state index contributed by atoms with van der Waals surface area (Å²) in [5.74, 6) is 0.944. The fraction of sp³-hybridized carbons (Fsp3) is 0.294. The first-order valence-electron chi connectivity index (χ1n) is 6.84. The molecule has 0 heterocycles. The highest BCUT2D eigenvalue weighted by Gasteiger charge is 1.97. The molecule has 0 spiro atoms. The second-order valence-electron chi connectivity index (χ2n) is 4.62. The van der Waals surface area contributed by atoms with Gasteiger partial charge in [-0.25, -0.2) is 0 Å². The summed E-state index contributed by atoms with van der Waals surface area (Å²) in [7, 11) is 0. The summed E-state index contributed by atoms with van der Waals surface area (Å²) in [6, 6.07) is 18.7. The number of nitrogens with two attached hydrogens (primary N) is 1. The fourth-order valence-electron chi connectivity index (χ4n) is 2.07. The molecule has 0 saturated carbocycles. The van der Waals surface area contributed by atoms with E-state index in [1.54, 1.807) is 0 Å². The van der Waals surface area contributed by atoms with Crippen molar-refractivity contribution in [3.63, 3.8) is 0 Å². The molecule has 0 amide bonds. The first-order valence-corrected chi connectivity index (χ1v) is 6.84. The van der Waals surface area contributed by atoms with Gasteiger partial charge in [0.15, 0.2) is 0 Å². The van der Waals surface area contributed by atoms with Crippen molar-refractivity contribution in [1.82, 2.24) is 0 Å². The average molecular weight is 255 g/mol. The van der Waals surface area contributed by atoms with Gasteiger partial charge in [0.25, 0.3) is 0 Å². The van der Waals surface area contributed by atoms with Crippen LogP contribution in [0.1, 0.15) is 17.5 Å². The molecule has 2 rings (SSSR count). The van der Waals surface area contributed by atoms with Gasteiger partial charge in [-0.15, -0.1) is 0 Å². The molecule has 0 aliphatic heterocycles. The predicted molar refractivity (Wildman–Crippen MR) is 79.5 cm³/mol. The Morgan fingerprint density at radius 2 is 1.63 bits per heavy atom. The van der Waals surface area contributed by atoms with Gasteiger partial charge in [0.2, 0.25) is 0 Å². The van der Waals surface area contributed by atoms with Gasteiger partial charge >= 0.3 is 0 Å². The van der Waals surface area contributed by atoms with Gasteiger partial charge in [-0.1, -0.05) is 42.5 Å². The number of aryl methyl sites for hydroxylation is 1. The number of ether oxygens (including phenoxy) is 1. The van der Waals surface area contributed by atoms with Crippen LogP contribution in [0.25, 0.3) is 0 Å². The van der Waals surface area contributed by atoms with Crippen LogP contribution in [0.4, 0.5) is 0 Å². The maximum absolute atomic E-state index is 5.77. The lowest BCUT2D eigenvalue weighted by Crippen LogP contribution is -2.03. The van der Waals surface area contributed by atoms with E-state index in [-0.39, 0.29) is 0 Å². The minimum absolute atomic E-state index is 0.678. The summed E-state index contributed by atoms with van der Waals surface area (Å²) in [6.07, 6.45) is 3.00. The molecule has 0 aliphatic carbocycles. The van der Waals surface area contributed by atoms with Crippen molar-refractivity contribution in [3.05, 3.63) is 65.7 Å². The van der Waals surface area contributed by atoms with E-state index in [1.165, 1.54) is 11.1 Å². The lowest BCUT2D eigenvalue weighted by molar-refractivity contribution is 0.310. The van der Waals surface area contributed by atoms with Gasteiger partial charge in [-0.05, 0) is 49.1 Å². The van der Waals surface area contributed by atoms with E-state index in [0.29, 0.717) is 6.54 Å². The van der Waals surface area contributed by atoms with E-state index < -0.39 is 0 Å². The zero-order chi connectivity index (χ0) is 13.3. The predicted octanol–water partition coefficient (Wildman–Crippen LogP) is 3.20. The number of benzene rings is 2. The third-order valence-corrected chi connectivity index (χ3v) is 3.05. The van der Waals surface area contributed by atoms with Gasteiger partial charge in [-0.2, -0.15) is 0 Å². The molecule has 0 aromatic heterocycles. The minimum atomic E-state index is 0.678. The van der Waals surface area contributed by atoms with Crippen LogP contribution in [0.15, 0.2) is 54.6 Å². The first kappa shape index (κ1) is 13.6. The highest BCUT2D eigenvalue weighted by atomic mass is 16.5. The second-order valence-corrected chi connectivity index (χ2v) is 4.62. The van der Waals surface area contributed by atoms with Crippen molar-refractivity contribution >= 4 is 0 Å². The van der Waals surface area contributed by atoms with E-state index in [0.717, 1.165) is 31.6 Å². The van der Waals surface area contributed by atoms with Crippen LogP contribution in [0.5, 0.6) is 5.75 Å². The molecule has 0 atom stereocenters. The molecule has 2 aromatic rings. The summed E-state index contributed by atoms with van der Waals surface area (Å²) in [6.45, 7) is 1.43. The van der Waals surface area contributed by atoms with Crippen molar-refractivity contribution in [2.24, 2.45) is 5.73 Å². The molecular weight excluding hydrogens is 234 g/mol. The van der Waals surface area contributed by atoms with Crippen molar-refractivity contribution < 1.29 is 4.74 Å². The summed E-state index contributed by atoms with van der Waals surface area (Å²) < 4.78 is 5.77. The lowest BCUT2D eigenvalue weighted by Gasteiger charge is -2.08. The number of rotatable bonds is 7. The molecule has 2 heteroatoms. The van der Waals surface area contributed by atoms with Crippen LogP contribution < -0.4 is 10.5 Å². The zero-order valence-electron chi connectivity index (χ0n) is 11.2. The minimum Gasteiger partial charge on any atom is -0.494 e. The van der Waals surface area contributed by atoms with E-state index in [2.05, 4.69) is 36.4 Å². The van der Waals surface area contributed by atoms with Gasteiger partial charge in [0.1, 0.15) is 5.75 Å². The topological polar surface area (TPSA) is 35.2 Å². The molecule has 100 valence electrons. The van der Waals surface area contributed by atoms with Gasteiger partial charge in [0, 0.05) is 0 Å². The molecule has 2 aromatic carbocycles. The molecular formula is C17H21NO. The standard InChI is InChI=1S/C17H21NO/c18-12-11-16-8-4-10-17(14-16)19-13-5-9-15-6-2-1-3-7-15/h1-4,6-8,10,14H,5,9,11-13,18H2. The zero-order valence-corrected chi connectivity index (χ0v) is 11.2. The lowest BCUT2D eigenvalue weighted by atomic mass is 10.1. The number of hydrogen-bond acceptors (Lipinski definition) is 2. The molecule has 0 radical (unpaired) electrons. The highest BCUT2D eigenvalue weighted by molar-refractivity contribution is 5.28.